The van der Waals surface area contributed by atoms with Crippen LogP contribution in [0, 0.1) is 12.3 Å². The highest BCUT2D eigenvalue weighted by Gasteiger charge is 2.51. The van der Waals surface area contributed by atoms with Gasteiger partial charge in [-0.3, -0.25) is 4.79 Å². The van der Waals surface area contributed by atoms with Crippen molar-refractivity contribution < 1.29 is 9.90 Å². The van der Waals surface area contributed by atoms with Gasteiger partial charge in [0.1, 0.15) is 0 Å². The lowest BCUT2D eigenvalue weighted by Gasteiger charge is -2.12. The topological polar surface area (TPSA) is 80.9 Å². The number of benzene rings is 1. The Morgan fingerprint density at radius 2 is 2.25 bits per heavy atom. The molecule has 1 aliphatic rings. The van der Waals surface area contributed by atoms with E-state index in [4.69, 9.17) is 0 Å². The predicted molar refractivity (Wildman–Crippen MR) is 75.0 cm³/mol. The SMILES string of the molecule is Cc1c(Br)cccc1-c1nnnn1CC1(C(=O)O)CC1. The first kappa shape index (κ1) is 13.2. The van der Waals surface area contributed by atoms with Crippen LogP contribution in [0.4, 0.5) is 0 Å². The van der Waals surface area contributed by atoms with E-state index in [2.05, 4.69) is 31.5 Å². The number of aromatic nitrogens is 4. The molecule has 104 valence electrons. The molecule has 3 rings (SSSR count). The average molecular weight is 337 g/mol. The number of hydrogen-bond acceptors (Lipinski definition) is 4. The number of hydrogen-bond donors (Lipinski definition) is 1. The second-order valence-electron chi connectivity index (χ2n) is 5.16. The molecule has 1 N–H and O–H groups in total. The summed E-state index contributed by atoms with van der Waals surface area (Å²) in [4.78, 5) is 11.3. The Bertz CT molecular complexity index is 679. The minimum Gasteiger partial charge on any atom is -0.481 e. The molecule has 0 unspecified atom stereocenters. The minimum atomic E-state index is -0.773. The van der Waals surface area contributed by atoms with E-state index in [1.807, 2.05) is 25.1 Å². The van der Waals surface area contributed by atoms with E-state index < -0.39 is 11.4 Å². The highest BCUT2D eigenvalue weighted by molar-refractivity contribution is 9.10. The van der Waals surface area contributed by atoms with E-state index in [0.29, 0.717) is 25.2 Å². The molecule has 1 aromatic carbocycles. The first-order valence-corrected chi connectivity index (χ1v) is 7.08. The minimum absolute atomic E-state index is 0.316. The van der Waals surface area contributed by atoms with Crippen molar-refractivity contribution in [2.45, 2.75) is 26.3 Å². The number of halogens is 1. The van der Waals surface area contributed by atoms with E-state index in [0.717, 1.165) is 15.6 Å². The van der Waals surface area contributed by atoms with E-state index in [9.17, 15) is 9.90 Å². The van der Waals surface area contributed by atoms with E-state index in [-0.39, 0.29) is 0 Å². The van der Waals surface area contributed by atoms with Crippen molar-refractivity contribution in [2.75, 3.05) is 0 Å². The lowest BCUT2D eigenvalue weighted by molar-refractivity contribution is -0.144. The van der Waals surface area contributed by atoms with Crippen molar-refractivity contribution in [3.05, 3.63) is 28.2 Å². The summed E-state index contributed by atoms with van der Waals surface area (Å²) >= 11 is 3.48. The molecular formula is C13H13BrN4O2. The molecule has 0 amide bonds. The van der Waals surface area contributed by atoms with Gasteiger partial charge < -0.3 is 5.11 Å². The molecule has 2 aromatic rings. The molecule has 0 saturated heterocycles. The van der Waals surface area contributed by atoms with Crippen LogP contribution in [0.2, 0.25) is 0 Å². The third kappa shape index (κ3) is 2.11. The molecule has 0 atom stereocenters. The monoisotopic (exact) mass is 336 g/mol. The largest absolute Gasteiger partial charge is 0.481 e. The highest BCUT2D eigenvalue weighted by Crippen LogP contribution is 2.47. The summed E-state index contributed by atoms with van der Waals surface area (Å²) in [5.41, 5.74) is 1.25. The van der Waals surface area contributed by atoms with Crippen LogP contribution in [-0.2, 0) is 11.3 Å². The van der Waals surface area contributed by atoms with Gasteiger partial charge in [-0.15, -0.1) is 5.10 Å². The lowest BCUT2D eigenvalue weighted by atomic mass is 10.1. The number of nitrogens with zero attached hydrogens (tertiary/aromatic N) is 4. The zero-order valence-electron chi connectivity index (χ0n) is 10.9. The van der Waals surface area contributed by atoms with Crippen LogP contribution in [0.1, 0.15) is 18.4 Å². The first-order chi connectivity index (χ1) is 9.53. The second kappa shape index (κ2) is 4.66. The molecule has 6 nitrogen and oxygen atoms in total. The van der Waals surface area contributed by atoms with Crippen molar-refractivity contribution >= 4 is 21.9 Å². The van der Waals surface area contributed by atoms with Gasteiger partial charge >= 0.3 is 5.97 Å². The summed E-state index contributed by atoms with van der Waals surface area (Å²) in [6.45, 7) is 2.29. The molecule has 1 aliphatic carbocycles. The van der Waals surface area contributed by atoms with Crippen molar-refractivity contribution in [3.63, 3.8) is 0 Å². The maximum absolute atomic E-state index is 11.3. The fourth-order valence-corrected chi connectivity index (χ4v) is 2.60. The lowest BCUT2D eigenvalue weighted by Crippen LogP contribution is -2.22. The molecule has 1 fully saturated rings. The normalized spacial score (nSPS) is 16.1. The third-order valence-electron chi connectivity index (χ3n) is 3.80. The van der Waals surface area contributed by atoms with E-state index >= 15 is 0 Å². The Morgan fingerprint density at radius 1 is 1.50 bits per heavy atom. The van der Waals surface area contributed by atoms with Crippen molar-refractivity contribution in [3.8, 4) is 11.4 Å². The fraction of sp³-hybridized carbons (Fsp3) is 0.385. The second-order valence-corrected chi connectivity index (χ2v) is 6.01. The molecule has 1 heterocycles. The van der Waals surface area contributed by atoms with Crippen LogP contribution in [0.3, 0.4) is 0 Å². The van der Waals surface area contributed by atoms with Gasteiger partial charge in [0.25, 0.3) is 0 Å². The molecule has 0 radical (unpaired) electrons. The number of rotatable bonds is 4. The zero-order chi connectivity index (χ0) is 14.3. The average Bonchev–Trinajstić information content (AvgIpc) is 3.06. The van der Waals surface area contributed by atoms with Crippen LogP contribution in [0.15, 0.2) is 22.7 Å². The van der Waals surface area contributed by atoms with E-state index in [1.165, 1.54) is 0 Å². The molecule has 0 aliphatic heterocycles. The molecule has 7 heteroatoms. The van der Waals surface area contributed by atoms with Gasteiger partial charge in [0.05, 0.1) is 12.0 Å². The van der Waals surface area contributed by atoms with E-state index in [1.54, 1.807) is 4.68 Å². The standard InChI is InChI=1S/C13H13BrN4O2/c1-8-9(3-2-4-10(8)14)11-15-16-17-18(11)7-13(5-6-13)12(19)20/h2-4H,5-7H2,1H3,(H,19,20). The molecule has 0 spiro atoms. The molecular weight excluding hydrogens is 324 g/mol. The Balaban J connectivity index is 1.99. The van der Waals surface area contributed by atoms with Gasteiger partial charge in [-0.05, 0) is 41.8 Å². The maximum Gasteiger partial charge on any atom is 0.311 e. The maximum atomic E-state index is 11.3. The predicted octanol–water partition coefficient (Wildman–Crippen LogP) is 2.28. The van der Waals surface area contributed by atoms with Crippen molar-refractivity contribution in [1.29, 1.82) is 0 Å². The number of carboxylic acids is 1. The highest BCUT2D eigenvalue weighted by atomic mass is 79.9. The number of carbonyl (C=O) groups is 1. The summed E-state index contributed by atoms with van der Waals surface area (Å²) in [5, 5.41) is 21.0. The van der Waals surface area contributed by atoms with Crippen LogP contribution in [-0.4, -0.2) is 31.3 Å². The molecule has 20 heavy (non-hydrogen) atoms. The summed E-state index contributed by atoms with van der Waals surface area (Å²) in [6, 6.07) is 5.80. The summed E-state index contributed by atoms with van der Waals surface area (Å²) < 4.78 is 2.57. The van der Waals surface area contributed by atoms with Crippen molar-refractivity contribution in [2.24, 2.45) is 5.41 Å². The Morgan fingerprint density at radius 3 is 2.90 bits per heavy atom. The number of tetrazole rings is 1. The van der Waals surface area contributed by atoms with Gasteiger partial charge in [0.15, 0.2) is 5.82 Å². The van der Waals surface area contributed by atoms with Crippen LogP contribution < -0.4 is 0 Å². The Labute approximate surface area is 123 Å². The smallest absolute Gasteiger partial charge is 0.311 e. The molecule has 0 bridgehead atoms. The van der Waals surface area contributed by atoms with Crippen molar-refractivity contribution in [1.82, 2.24) is 20.2 Å². The first-order valence-electron chi connectivity index (χ1n) is 6.28. The quantitative estimate of drug-likeness (QED) is 0.926. The Kier molecular flexibility index (Phi) is 3.08. The number of carboxylic acid groups (broad SMARTS) is 1. The van der Waals surface area contributed by atoms with Gasteiger partial charge in [-0.25, -0.2) is 4.68 Å². The molecule has 1 saturated carbocycles. The Hall–Kier alpha value is -1.76. The van der Waals surface area contributed by atoms with Crippen LogP contribution in [0.25, 0.3) is 11.4 Å². The third-order valence-corrected chi connectivity index (χ3v) is 4.66. The van der Waals surface area contributed by atoms with Crippen LogP contribution >= 0.6 is 15.9 Å². The van der Waals surface area contributed by atoms with Gasteiger partial charge in [-0.1, -0.05) is 28.1 Å². The number of aliphatic carboxylic acids is 1. The van der Waals surface area contributed by atoms with Gasteiger partial charge in [0.2, 0.25) is 0 Å². The summed E-state index contributed by atoms with van der Waals surface area (Å²) in [7, 11) is 0. The van der Waals surface area contributed by atoms with Gasteiger partial charge in [-0.2, -0.15) is 0 Å². The van der Waals surface area contributed by atoms with Gasteiger partial charge in [0, 0.05) is 10.0 Å². The van der Waals surface area contributed by atoms with Crippen LogP contribution in [0.5, 0.6) is 0 Å². The zero-order valence-corrected chi connectivity index (χ0v) is 12.5. The summed E-state index contributed by atoms with van der Waals surface area (Å²) in [5.74, 6) is -0.166. The summed E-state index contributed by atoms with van der Waals surface area (Å²) in [6.07, 6.45) is 1.36. The molecule has 1 aromatic heterocycles. The fourth-order valence-electron chi connectivity index (χ4n) is 2.23.